The molecule has 10 aromatic rings. The molecule has 56 heavy (non-hydrogen) atoms. The van der Waals surface area contributed by atoms with Crippen LogP contribution < -0.4 is 0 Å². The molecule has 11 rings (SSSR count). The topological polar surface area (TPSA) is 4.93 Å². The van der Waals surface area contributed by atoms with Crippen LogP contribution in [0.5, 0.6) is 0 Å². The van der Waals surface area contributed by atoms with Crippen molar-refractivity contribution in [2.24, 2.45) is 0 Å². The smallest absolute Gasteiger partial charge is 0.0541 e. The molecule has 1 heteroatoms. The highest BCUT2D eigenvalue weighted by atomic mass is 15.0. The fraction of sp³-hybridized carbons (Fsp3) is 0.0545. The van der Waals surface area contributed by atoms with Crippen molar-refractivity contribution in [2.45, 2.75) is 18.8 Å². The summed E-state index contributed by atoms with van der Waals surface area (Å²) in [5.41, 5.74) is 18.0. The van der Waals surface area contributed by atoms with E-state index in [2.05, 4.69) is 218 Å². The zero-order valence-electron chi connectivity index (χ0n) is 31.2. The largest absolute Gasteiger partial charge is 0.309 e. The maximum Gasteiger partial charge on any atom is 0.0541 e. The second-order valence-corrected chi connectivity index (χ2v) is 15.3. The average molecular weight is 714 g/mol. The summed E-state index contributed by atoms with van der Waals surface area (Å²) < 4.78 is 2.44. The van der Waals surface area contributed by atoms with Crippen LogP contribution in [-0.4, -0.2) is 4.57 Å². The van der Waals surface area contributed by atoms with Gasteiger partial charge < -0.3 is 4.57 Å². The summed E-state index contributed by atoms with van der Waals surface area (Å²) in [4.78, 5) is 0. The van der Waals surface area contributed by atoms with Crippen LogP contribution in [0.3, 0.4) is 0 Å². The van der Waals surface area contributed by atoms with E-state index in [0.717, 1.165) is 0 Å². The highest BCUT2D eigenvalue weighted by Crippen LogP contribution is 2.51. The third-order valence-electron chi connectivity index (χ3n) is 12.2. The first kappa shape index (κ1) is 32.5. The lowest BCUT2D eigenvalue weighted by molar-refractivity contribution is 0.650. The highest BCUT2D eigenvalue weighted by Gasteiger charge is 2.32. The molecule has 2 unspecified atom stereocenters. The van der Waals surface area contributed by atoms with Gasteiger partial charge in [0.25, 0.3) is 0 Å². The molecule has 0 saturated heterocycles. The fourth-order valence-corrected chi connectivity index (χ4v) is 9.51. The molecule has 0 aliphatic heterocycles. The molecule has 0 N–H and O–H groups in total. The minimum Gasteiger partial charge on any atom is -0.309 e. The van der Waals surface area contributed by atoms with Gasteiger partial charge in [0.1, 0.15) is 0 Å². The minimum atomic E-state index is 0.254. The fourth-order valence-electron chi connectivity index (χ4n) is 9.51. The Labute approximate surface area is 327 Å². The zero-order valence-corrected chi connectivity index (χ0v) is 31.2. The maximum atomic E-state index is 2.44. The van der Waals surface area contributed by atoms with Gasteiger partial charge in [0.05, 0.1) is 16.7 Å². The van der Waals surface area contributed by atoms with Crippen molar-refractivity contribution in [3.05, 3.63) is 223 Å². The monoisotopic (exact) mass is 713 g/mol. The van der Waals surface area contributed by atoms with Crippen molar-refractivity contribution in [2.75, 3.05) is 0 Å². The lowest BCUT2D eigenvalue weighted by Crippen LogP contribution is -2.17. The number of hydrogen-bond acceptors (Lipinski definition) is 0. The summed E-state index contributed by atoms with van der Waals surface area (Å²) in [6.45, 7) is 2.41. The number of benzene rings is 9. The molecule has 0 saturated carbocycles. The van der Waals surface area contributed by atoms with Gasteiger partial charge in [-0.1, -0.05) is 183 Å². The van der Waals surface area contributed by atoms with Crippen molar-refractivity contribution < 1.29 is 0 Å². The Balaban J connectivity index is 0.979. The molecule has 1 aliphatic rings. The third kappa shape index (κ3) is 5.23. The number of para-hydroxylation sites is 1. The molecule has 2 atom stereocenters. The summed E-state index contributed by atoms with van der Waals surface area (Å²) in [5.74, 6) is 0.565. The first-order chi connectivity index (χ1) is 27.7. The normalized spacial score (nSPS) is 14.9. The second kappa shape index (κ2) is 13.1. The van der Waals surface area contributed by atoms with E-state index in [0.29, 0.717) is 5.92 Å². The Bertz CT molecular complexity index is 3090. The number of aromatic nitrogens is 1. The third-order valence-corrected chi connectivity index (χ3v) is 12.2. The van der Waals surface area contributed by atoms with Gasteiger partial charge in [-0.15, -0.1) is 0 Å². The van der Waals surface area contributed by atoms with E-state index in [1.165, 1.54) is 99.5 Å². The average Bonchev–Trinajstić information content (AvgIpc) is 3.60. The summed E-state index contributed by atoms with van der Waals surface area (Å²) in [6.07, 6.45) is 0. The predicted octanol–water partition coefficient (Wildman–Crippen LogP) is 14.9. The van der Waals surface area contributed by atoms with E-state index < -0.39 is 0 Å². The summed E-state index contributed by atoms with van der Waals surface area (Å²) in [7, 11) is 0. The Hall–Kier alpha value is -6.96. The lowest BCUT2D eigenvalue weighted by Gasteiger charge is -2.34. The standard InChI is InChI=1S/C55H39N/c1-36-45-31-29-42(43-30-32-54-51(35-43)48-21-9-10-23-53(48)56(54)52-24-12-16-40-15-5-6-19-46(40)52)34-50(45)47-20-7-8-22-49(47)55(36)44-18-11-17-41(33-44)39-27-25-38(26-28-39)37-13-3-2-4-14-37/h2-36,55H,1H3. The molecule has 9 aromatic carbocycles. The molecule has 0 fully saturated rings. The summed E-state index contributed by atoms with van der Waals surface area (Å²) in [5, 5.41) is 5.05. The molecule has 1 aromatic heterocycles. The van der Waals surface area contributed by atoms with Gasteiger partial charge in [-0.25, -0.2) is 0 Å². The van der Waals surface area contributed by atoms with E-state index in [1.54, 1.807) is 0 Å². The Morgan fingerprint density at radius 1 is 0.357 bits per heavy atom. The van der Waals surface area contributed by atoms with E-state index >= 15 is 0 Å². The summed E-state index contributed by atoms with van der Waals surface area (Å²) in [6, 6.07) is 76.2. The van der Waals surface area contributed by atoms with Gasteiger partial charge in [0.2, 0.25) is 0 Å². The van der Waals surface area contributed by atoms with Crippen LogP contribution in [-0.2, 0) is 0 Å². The van der Waals surface area contributed by atoms with Crippen molar-refractivity contribution >= 4 is 32.6 Å². The van der Waals surface area contributed by atoms with Crippen molar-refractivity contribution in [1.82, 2.24) is 4.57 Å². The van der Waals surface area contributed by atoms with E-state index in [9.17, 15) is 0 Å². The van der Waals surface area contributed by atoms with Crippen LogP contribution in [0.4, 0.5) is 0 Å². The highest BCUT2D eigenvalue weighted by molar-refractivity contribution is 6.11. The molecule has 1 nitrogen and oxygen atoms in total. The number of rotatable bonds is 5. The molecular formula is C55H39N. The maximum absolute atomic E-state index is 2.44. The SMILES string of the molecule is CC1c2ccc(-c3ccc4c(c3)c3ccccc3n4-c3cccc4ccccc34)cc2-c2ccccc2C1c1cccc(-c2ccc(-c3ccccc3)cc2)c1. The number of hydrogen-bond donors (Lipinski definition) is 0. The Kier molecular flexibility index (Phi) is 7.60. The number of nitrogens with zero attached hydrogens (tertiary/aromatic N) is 1. The van der Waals surface area contributed by atoms with Crippen LogP contribution in [0, 0.1) is 0 Å². The molecule has 0 spiro atoms. The van der Waals surface area contributed by atoms with Gasteiger partial charge in [-0.3, -0.25) is 0 Å². The molecule has 264 valence electrons. The van der Waals surface area contributed by atoms with Gasteiger partial charge in [0.15, 0.2) is 0 Å². The van der Waals surface area contributed by atoms with Gasteiger partial charge in [-0.2, -0.15) is 0 Å². The first-order valence-electron chi connectivity index (χ1n) is 19.7. The van der Waals surface area contributed by atoms with Crippen LogP contribution in [0.2, 0.25) is 0 Å². The lowest BCUT2D eigenvalue weighted by atomic mass is 9.69. The van der Waals surface area contributed by atoms with E-state index in [4.69, 9.17) is 0 Å². The zero-order chi connectivity index (χ0) is 37.2. The molecule has 1 heterocycles. The Morgan fingerprint density at radius 2 is 0.946 bits per heavy atom. The van der Waals surface area contributed by atoms with Crippen molar-refractivity contribution in [3.63, 3.8) is 0 Å². The minimum absolute atomic E-state index is 0.254. The van der Waals surface area contributed by atoms with Crippen molar-refractivity contribution in [3.8, 4) is 50.2 Å². The van der Waals surface area contributed by atoms with Crippen LogP contribution >= 0.6 is 0 Å². The predicted molar refractivity (Wildman–Crippen MR) is 237 cm³/mol. The first-order valence-corrected chi connectivity index (χ1v) is 19.7. The van der Waals surface area contributed by atoms with E-state index in [1.807, 2.05) is 0 Å². The van der Waals surface area contributed by atoms with Crippen molar-refractivity contribution in [1.29, 1.82) is 0 Å². The van der Waals surface area contributed by atoms with Gasteiger partial charge in [0, 0.05) is 22.1 Å². The molecule has 1 aliphatic carbocycles. The summed E-state index contributed by atoms with van der Waals surface area (Å²) >= 11 is 0. The quantitative estimate of drug-likeness (QED) is 0.167. The molecule has 0 amide bonds. The molecule has 0 radical (unpaired) electrons. The van der Waals surface area contributed by atoms with Crippen LogP contribution in [0.1, 0.15) is 35.4 Å². The van der Waals surface area contributed by atoms with Gasteiger partial charge in [-0.05, 0) is 103 Å². The Morgan fingerprint density at radius 3 is 1.82 bits per heavy atom. The number of fused-ring (bicyclic) bond motifs is 7. The van der Waals surface area contributed by atoms with E-state index in [-0.39, 0.29) is 5.92 Å². The second-order valence-electron chi connectivity index (χ2n) is 15.3. The van der Waals surface area contributed by atoms with Crippen LogP contribution in [0.15, 0.2) is 206 Å². The van der Waals surface area contributed by atoms with Gasteiger partial charge >= 0.3 is 0 Å². The molecule has 0 bridgehead atoms. The van der Waals surface area contributed by atoms with Crippen LogP contribution in [0.25, 0.3) is 82.8 Å². The molecular weight excluding hydrogens is 675 g/mol.